The van der Waals surface area contributed by atoms with Crippen LogP contribution in [-0.4, -0.2) is 38.7 Å². The predicted molar refractivity (Wildman–Crippen MR) is 82.7 cm³/mol. The minimum Gasteiger partial charge on any atom is -0.465 e. The van der Waals surface area contributed by atoms with Crippen molar-refractivity contribution in [3.05, 3.63) is 50.9 Å². The van der Waals surface area contributed by atoms with Gasteiger partial charge in [0.05, 0.1) is 15.7 Å². The molecule has 1 amide bonds. The molecule has 0 bridgehead atoms. The van der Waals surface area contributed by atoms with E-state index in [4.69, 9.17) is 5.11 Å². The van der Waals surface area contributed by atoms with Crippen molar-refractivity contribution in [2.45, 2.75) is 18.9 Å². The Kier molecular flexibility index (Phi) is 3.73. The van der Waals surface area contributed by atoms with Crippen molar-refractivity contribution < 1.29 is 14.8 Å². The standard InChI is InChI=1S/C15H15N3O5/c19-14-12-2-1-3-13(18(22)23)11(12)6-9-17(14)10-4-7-16(8-5-10)15(20)21/h1-3,6,9-10H,4-5,7-8H2,(H,20,21). The van der Waals surface area contributed by atoms with E-state index in [9.17, 15) is 19.7 Å². The van der Waals surface area contributed by atoms with Gasteiger partial charge >= 0.3 is 6.09 Å². The Morgan fingerprint density at radius 3 is 2.52 bits per heavy atom. The number of piperidine rings is 1. The molecule has 0 aliphatic carbocycles. The number of non-ortho nitro benzene ring substituents is 1. The van der Waals surface area contributed by atoms with Crippen molar-refractivity contribution in [2.75, 3.05) is 13.1 Å². The lowest BCUT2D eigenvalue weighted by atomic mass is 10.0. The monoisotopic (exact) mass is 317 g/mol. The fraction of sp³-hybridized carbons (Fsp3) is 0.333. The summed E-state index contributed by atoms with van der Waals surface area (Å²) in [6.45, 7) is 0.749. The number of hydrogen-bond donors (Lipinski definition) is 1. The predicted octanol–water partition coefficient (Wildman–Crippen LogP) is 2.22. The third-order valence-corrected chi connectivity index (χ3v) is 4.27. The number of nitro groups is 1. The maximum atomic E-state index is 12.6. The smallest absolute Gasteiger partial charge is 0.407 e. The zero-order valence-electron chi connectivity index (χ0n) is 12.2. The van der Waals surface area contributed by atoms with E-state index in [0.29, 0.717) is 36.7 Å². The average molecular weight is 317 g/mol. The lowest BCUT2D eigenvalue weighted by Gasteiger charge is -2.31. The first-order valence-corrected chi connectivity index (χ1v) is 7.25. The minimum atomic E-state index is -0.954. The van der Waals surface area contributed by atoms with Crippen LogP contribution in [0.5, 0.6) is 0 Å². The van der Waals surface area contributed by atoms with Gasteiger partial charge in [-0.3, -0.25) is 14.9 Å². The van der Waals surface area contributed by atoms with E-state index in [0.717, 1.165) is 0 Å². The highest BCUT2D eigenvalue weighted by Crippen LogP contribution is 2.26. The first-order valence-electron chi connectivity index (χ1n) is 7.25. The average Bonchev–Trinajstić information content (AvgIpc) is 2.55. The molecule has 0 spiro atoms. The molecule has 0 saturated carbocycles. The fourth-order valence-electron chi connectivity index (χ4n) is 3.06. The molecule has 1 aromatic heterocycles. The highest BCUT2D eigenvalue weighted by molar-refractivity contribution is 5.89. The van der Waals surface area contributed by atoms with Crippen molar-refractivity contribution in [1.82, 2.24) is 9.47 Å². The number of fused-ring (bicyclic) bond motifs is 1. The van der Waals surface area contributed by atoms with E-state index in [1.165, 1.54) is 17.0 Å². The molecule has 1 aliphatic heterocycles. The lowest BCUT2D eigenvalue weighted by Crippen LogP contribution is -2.40. The van der Waals surface area contributed by atoms with Crippen LogP contribution in [0.2, 0.25) is 0 Å². The van der Waals surface area contributed by atoms with Gasteiger partial charge in [0.2, 0.25) is 0 Å². The number of nitro benzene ring substituents is 1. The number of rotatable bonds is 2. The number of aromatic nitrogens is 1. The highest BCUT2D eigenvalue weighted by atomic mass is 16.6. The SMILES string of the molecule is O=C(O)N1CCC(n2ccc3c([N+](=O)[O-])cccc3c2=O)CC1. The van der Waals surface area contributed by atoms with Crippen molar-refractivity contribution in [3.63, 3.8) is 0 Å². The van der Waals surface area contributed by atoms with E-state index in [-0.39, 0.29) is 17.3 Å². The zero-order valence-corrected chi connectivity index (χ0v) is 12.2. The molecule has 0 unspecified atom stereocenters. The summed E-state index contributed by atoms with van der Waals surface area (Å²) in [5.74, 6) is 0. The van der Waals surface area contributed by atoms with Crippen LogP contribution < -0.4 is 5.56 Å². The quantitative estimate of drug-likeness (QED) is 0.675. The Hall–Kier alpha value is -2.90. The van der Waals surface area contributed by atoms with E-state index in [1.807, 2.05) is 0 Å². The van der Waals surface area contributed by atoms with Crippen LogP contribution in [0.15, 0.2) is 35.3 Å². The van der Waals surface area contributed by atoms with Gasteiger partial charge in [0.25, 0.3) is 11.2 Å². The molecule has 0 radical (unpaired) electrons. The number of carbonyl (C=O) groups is 1. The minimum absolute atomic E-state index is 0.0903. The van der Waals surface area contributed by atoms with Gasteiger partial charge in [0.15, 0.2) is 0 Å². The summed E-state index contributed by atoms with van der Waals surface area (Å²) >= 11 is 0. The van der Waals surface area contributed by atoms with Gasteiger partial charge < -0.3 is 14.6 Å². The fourth-order valence-corrected chi connectivity index (χ4v) is 3.06. The maximum Gasteiger partial charge on any atom is 0.407 e. The molecule has 120 valence electrons. The molecule has 1 saturated heterocycles. The number of carboxylic acid groups (broad SMARTS) is 1. The number of nitrogens with zero attached hydrogens (tertiary/aromatic N) is 3. The van der Waals surface area contributed by atoms with Gasteiger partial charge in [-0.15, -0.1) is 0 Å². The number of pyridine rings is 1. The lowest BCUT2D eigenvalue weighted by molar-refractivity contribution is -0.383. The molecular weight excluding hydrogens is 302 g/mol. The first-order chi connectivity index (χ1) is 11.0. The van der Waals surface area contributed by atoms with E-state index < -0.39 is 11.0 Å². The summed E-state index contributed by atoms with van der Waals surface area (Å²) in [6.07, 6.45) is 1.71. The maximum absolute atomic E-state index is 12.6. The summed E-state index contributed by atoms with van der Waals surface area (Å²) in [6, 6.07) is 5.93. The molecule has 3 rings (SSSR count). The summed E-state index contributed by atoms with van der Waals surface area (Å²) in [4.78, 5) is 35.4. The summed E-state index contributed by atoms with van der Waals surface area (Å²) in [7, 11) is 0. The Balaban J connectivity index is 1.98. The third-order valence-electron chi connectivity index (χ3n) is 4.27. The molecule has 1 N–H and O–H groups in total. The summed E-state index contributed by atoms with van der Waals surface area (Å²) < 4.78 is 1.56. The van der Waals surface area contributed by atoms with E-state index in [1.54, 1.807) is 22.9 Å². The van der Waals surface area contributed by atoms with E-state index in [2.05, 4.69) is 0 Å². The van der Waals surface area contributed by atoms with Crippen molar-refractivity contribution >= 4 is 22.6 Å². The van der Waals surface area contributed by atoms with Crippen molar-refractivity contribution in [3.8, 4) is 0 Å². The molecule has 1 aromatic carbocycles. The molecule has 1 fully saturated rings. The molecule has 2 heterocycles. The number of hydrogen-bond acceptors (Lipinski definition) is 4. The molecule has 8 heteroatoms. The van der Waals surface area contributed by atoms with Crippen LogP contribution in [0.3, 0.4) is 0 Å². The topological polar surface area (TPSA) is 106 Å². The number of benzene rings is 1. The van der Waals surface area contributed by atoms with Gasteiger partial charge in [0.1, 0.15) is 0 Å². The summed E-state index contributed by atoms with van der Waals surface area (Å²) in [5, 5.41) is 20.6. The van der Waals surface area contributed by atoms with Gasteiger partial charge in [-0.25, -0.2) is 4.79 Å². The van der Waals surface area contributed by atoms with Crippen molar-refractivity contribution in [1.29, 1.82) is 0 Å². The second-order valence-electron chi connectivity index (χ2n) is 5.52. The van der Waals surface area contributed by atoms with Crippen LogP contribution in [-0.2, 0) is 0 Å². The summed E-state index contributed by atoms with van der Waals surface area (Å²) in [5.41, 5.74) is -0.368. The van der Waals surface area contributed by atoms with Crippen LogP contribution in [0, 0.1) is 10.1 Å². The van der Waals surface area contributed by atoms with Crippen LogP contribution in [0.4, 0.5) is 10.5 Å². The Bertz CT molecular complexity index is 837. The molecule has 0 atom stereocenters. The molecule has 8 nitrogen and oxygen atoms in total. The Labute approximate surface area is 130 Å². The second-order valence-corrected chi connectivity index (χ2v) is 5.52. The molecule has 2 aromatic rings. The first kappa shape index (κ1) is 15.0. The van der Waals surface area contributed by atoms with E-state index >= 15 is 0 Å². The Morgan fingerprint density at radius 1 is 1.22 bits per heavy atom. The van der Waals surface area contributed by atoms with Gasteiger partial charge in [0, 0.05) is 31.4 Å². The molecular formula is C15H15N3O5. The number of amides is 1. The third kappa shape index (κ3) is 2.63. The van der Waals surface area contributed by atoms with Crippen LogP contribution in [0.25, 0.3) is 10.8 Å². The highest BCUT2D eigenvalue weighted by Gasteiger charge is 2.24. The van der Waals surface area contributed by atoms with Gasteiger partial charge in [-0.1, -0.05) is 6.07 Å². The normalized spacial score (nSPS) is 15.7. The second kappa shape index (κ2) is 5.71. The largest absolute Gasteiger partial charge is 0.465 e. The Morgan fingerprint density at radius 2 is 1.91 bits per heavy atom. The van der Waals surface area contributed by atoms with Gasteiger partial charge in [-0.2, -0.15) is 0 Å². The molecule has 1 aliphatic rings. The van der Waals surface area contributed by atoms with Crippen LogP contribution >= 0.6 is 0 Å². The van der Waals surface area contributed by atoms with Crippen molar-refractivity contribution in [2.24, 2.45) is 0 Å². The van der Waals surface area contributed by atoms with Crippen LogP contribution in [0.1, 0.15) is 18.9 Å². The zero-order chi connectivity index (χ0) is 16.6. The van der Waals surface area contributed by atoms with Gasteiger partial charge in [-0.05, 0) is 25.0 Å². The molecule has 23 heavy (non-hydrogen) atoms. The number of likely N-dealkylation sites (tertiary alicyclic amines) is 1.